The summed E-state index contributed by atoms with van der Waals surface area (Å²) in [5, 5.41) is 23.8. The lowest BCUT2D eigenvalue weighted by molar-refractivity contribution is -0.137. The Morgan fingerprint density at radius 1 is 1.18 bits per heavy atom. The summed E-state index contributed by atoms with van der Waals surface area (Å²) >= 11 is 0. The third-order valence-corrected chi connectivity index (χ3v) is 6.04. The summed E-state index contributed by atoms with van der Waals surface area (Å²) in [6, 6.07) is 8.14. The molecular formula is C27H36N6O5. The molecule has 11 heteroatoms. The molecule has 1 aromatic carbocycles. The van der Waals surface area contributed by atoms with Crippen LogP contribution >= 0.6 is 0 Å². The SMILES string of the molecule is COc1cc(CC(=O)NC(CC(C)C)C2=NN(CCC(=O)O)CC2)ccc1NC(=O)Nc1ncccc1C. The summed E-state index contributed by atoms with van der Waals surface area (Å²) in [6.45, 7) is 7.01. The van der Waals surface area contributed by atoms with Crippen molar-refractivity contribution in [3.8, 4) is 5.75 Å². The number of aromatic nitrogens is 1. The summed E-state index contributed by atoms with van der Waals surface area (Å²) in [5.74, 6) is 0.207. The average Bonchev–Trinajstić information content (AvgIpc) is 3.33. The largest absolute Gasteiger partial charge is 0.495 e. The third kappa shape index (κ3) is 8.46. The van der Waals surface area contributed by atoms with Crippen LogP contribution in [0.5, 0.6) is 5.75 Å². The molecule has 0 bridgehead atoms. The number of carbonyl (C=O) groups is 3. The molecule has 204 valence electrons. The molecule has 3 amide bonds. The van der Waals surface area contributed by atoms with Gasteiger partial charge >= 0.3 is 12.0 Å². The molecule has 1 aliphatic heterocycles. The molecule has 3 rings (SSSR count). The Balaban J connectivity index is 1.62. The van der Waals surface area contributed by atoms with Crippen LogP contribution in [0.25, 0.3) is 0 Å². The number of aliphatic carboxylic acids is 1. The Labute approximate surface area is 222 Å². The van der Waals surface area contributed by atoms with Crippen molar-refractivity contribution in [2.75, 3.05) is 30.8 Å². The minimum absolute atomic E-state index is 0.0229. The molecule has 0 radical (unpaired) electrons. The molecule has 1 aliphatic rings. The van der Waals surface area contributed by atoms with Crippen molar-refractivity contribution in [3.63, 3.8) is 0 Å². The summed E-state index contributed by atoms with van der Waals surface area (Å²) in [7, 11) is 1.50. The number of aryl methyl sites for hydroxylation is 1. The van der Waals surface area contributed by atoms with Gasteiger partial charge in [-0.1, -0.05) is 26.0 Å². The molecule has 11 nitrogen and oxygen atoms in total. The van der Waals surface area contributed by atoms with Crippen LogP contribution in [0.15, 0.2) is 41.6 Å². The molecule has 0 saturated heterocycles. The number of urea groups is 1. The number of nitrogens with zero attached hydrogens (tertiary/aromatic N) is 3. The number of hydrogen-bond donors (Lipinski definition) is 4. The van der Waals surface area contributed by atoms with E-state index in [1.807, 2.05) is 13.0 Å². The van der Waals surface area contributed by atoms with Crippen LogP contribution in [-0.2, 0) is 16.0 Å². The molecule has 1 aromatic heterocycles. The van der Waals surface area contributed by atoms with Gasteiger partial charge in [0.25, 0.3) is 0 Å². The van der Waals surface area contributed by atoms with Gasteiger partial charge in [0.15, 0.2) is 0 Å². The van der Waals surface area contributed by atoms with E-state index in [4.69, 9.17) is 9.84 Å². The lowest BCUT2D eigenvalue weighted by atomic mass is 9.98. The van der Waals surface area contributed by atoms with Gasteiger partial charge in [-0.25, -0.2) is 9.78 Å². The van der Waals surface area contributed by atoms with Crippen LogP contribution < -0.4 is 20.7 Å². The van der Waals surface area contributed by atoms with E-state index in [1.54, 1.807) is 35.5 Å². The first-order valence-electron chi connectivity index (χ1n) is 12.6. The molecule has 0 aliphatic carbocycles. The summed E-state index contributed by atoms with van der Waals surface area (Å²) in [6.07, 6.45) is 3.17. The van der Waals surface area contributed by atoms with E-state index >= 15 is 0 Å². The zero-order chi connectivity index (χ0) is 27.7. The van der Waals surface area contributed by atoms with Crippen molar-refractivity contribution in [1.29, 1.82) is 0 Å². The first-order valence-corrected chi connectivity index (χ1v) is 12.6. The van der Waals surface area contributed by atoms with E-state index in [-0.39, 0.29) is 24.8 Å². The average molecular weight is 525 g/mol. The molecule has 1 atom stereocenters. The number of hydrogen-bond acceptors (Lipinski definition) is 7. The van der Waals surface area contributed by atoms with Crippen LogP contribution in [-0.4, -0.2) is 65.0 Å². The maximum absolute atomic E-state index is 13.0. The number of ether oxygens (including phenoxy) is 1. The second-order valence-corrected chi connectivity index (χ2v) is 9.65. The molecule has 2 heterocycles. The fourth-order valence-electron chi connectivity index (χ4n) is 4.16. The second-order valence-electron chi connectivity index (χ2n) is 9.65. The van der Waals surface area contributed by atoms with Crippen LogP contribution in [0.2, 0.25) is 0 Å². The number of methoxy groups -OCH3 is 1. The van der Waals surface area contributed by atoms with Crippen molar-refractivity contribution in [3.05, 3.63) is 47.7 Å². The van der Waals surface area contributed by atoms with Gasteiger partial charge in [-0.3, -0.25) is 19.9 Å². The smallest absolute Gasteiger partial charge is 0.324 e. The third-order valence-electron chi connectivity index (χ3n) is 6.04. The van der Waals surface area contributed by atoms with Gasteiger partial charge in [0.05, 0.1) is 37.4 Å². The number of carbonyl (C=O) groups excluding carboxylic acids is 2. The van der Waals surface area contributed by atoms with Gasteiger partial charge in [-0.15, -0.1) is 0 Å². The fourth-order valence-corrected chi connectivity index (χ4v) is 4.16. The van der Waals surface area contributed by atoms with E-state index < -0.39 is 12.0 Å². The zero-order valence-corrected chi connectivity index (χ0v) is 22.3. The zero-order valence-electron chi connectivity index (χ0n) is 22.3. The van der Waals surface area contributed by atoms with Crippen LogP contribution in [0.3, 0.4) is 0 Å². The monoisotopic (exact) mass is 524 g/mol. The molecule has 0 saturated carbocycles. The standard InChI is InChI=1S/C27H36N6O5/c1-17(2)14-22(20-9-12-33(32-20)13-10-25(35)36)29-24(34)16-19-7-8-21(23(15-19)38-4)30-27(37)31-26-18(3)6-5-11-28-26/h5-8,11,15,17,22H,9-10,12-14,16H2,1-4H3,(H,29,34)(H,35,36)(H2,28,30,31,37). The van der Waals surface area contributed by atoms with E-state index in [2.05, 4.69) is 39.9 Å². The normalized spacial score (nSPS) is 13.6. The van der Waals surface area contributed by atoms with E-state index in [0.29, 0.717) is 42.7 Å². The van der Waals surface area contributed by atoms with Crippen molar-refractivity contribution in [1.82, 2.24) is 15.3 Å². The Hall–Kier alpha value is -4.15. The minimum Gasteiger partial charge on any atom is -0.495 e. The summed E-state index contributed by atoms with van der Waals surface area (Å²) in [5.41, 5.74) is 2.89. The van der Waals surface area contributed by atoms with Crippen molar-refractivity contribution in [2.45, 2.75) is 52.5 Å². The predicted octanol–water partition coefficient (Wildman–Crippen LogP) is 3.65. The van der Waals surface area contributed by atoms with Gasteiger partial charge in [-0.05, 0) is 48.6 Å². The number of benzene rings is 1. The highest BCUT2D eigenvalue weighted by Gasteiger charge is 2.25. The van der Waals surface area contributed by atoms with Crippen LogP contribution in [0.1, 0.15) is 44.2 Å². The summed E-state index contributed by atoms with van der Waals surface area (Å²) < 4.78 is 5.45. The number of amides is 3. The highest BCUT2D eigenvalue weighted by atomic mass is 16.5. The minimum atomic E-state index is -0.860. The van der Waals surface area contributed by atoms with E-state index in [0.717, 1.165) is 23.3 Å². The molecule has 0 spiro atoms. The number of pyridine rings is 1. The van der Waals surface area contributed by atoms with Gasteiger partial charge in [0.1, 0.15) is 11.6 Å². The topological polar surface area (TPSA) is 145 Å². The number of hydrazone groups is 1. The Kier molecular flexibility index (Phi) is 10.0. The summed E-state index contributed by atoms with van der Waals surface area (Å²) in [4.78, 5) is 40.5. The van der Waals surface area contributed by atoms with Crippen LogP contribution in [0.4, 0.5) is 16.3 Å². The number of anilines is 2. The molecule has 4 N–H and O–H groups in total. The van der Waals surface area contributed by atoms with Crippen molar-refractivity contribution < 1.29 is 24.2 Å². The first kappa shape index (κ1) is 28.4. The maximum atomic E-state index is 13.0. The predicted molar refractivity (Wildman–Crippen MR) is 146 cm³/mol. The lowest BCUT2D eigenvalue weighted by Crippen LogP contribution is -2.42. The quantitative estimate of drug-likeness (QED) is 0.332. The van der Waals surface area contributed by atoms with Crippen molar-refractivity contribution in [2.24, 2.45) is 11.0 Å². The highest BCUT2D eigenvalue weighted by molar-refractivity contribution is 6.00. The fraction of sp³-hybridized carbons (Fsp3) is 0.444. The van der Waals surface area contributed by atoms with Gasteiger partial charge in [0.2, 0.25) is 5.91 Å². The molecule has 1 unspecified atom stereocenters. The van der Waals surface area contributed by atoms with Crippen molar-refractivity contribution >= 4 is 35.1 Å². The van der Waals surface area contributed by atoms with E-state index in [9.17, 15) is 14.4 Å². The maximum Gasteiger partial charge on any atom is 0.324 e. The lowest BCUT2D eigenvalue weighted by Gasteiger charge is -2.21. The molecule has 2 aromatic rings. The Morgan fingerprint density at radius 2 is 1.97 bits per heavy atom. The van der Waals surface area contributed by atoms with Gasteiger partial charge in [0, 0.05) is 25.7 Å². The van der Waals surface area contributed by atoms with E-state index in [1.165, 1.54) is 7.11 Å². The molecule has 0 fully saturated rings. The van der Waals surface area contributed by atoms with Gasteiger partial charge in [-0.2, -0.15) is 5.10 Å². The van der Waals surface area contributed by atoms with Crippen LogP contribution in [0, 0.1) is 12.8 Å². The molecule has 38 heavy (non-hydrogen) atoms. The second kappa shape index (κ2) is 13.4. The Morgan fingerprint density at radius 3 is 2.66 bits per heavy atom. The highest BCUT2D eigenvalue weighted by Crippen LogP contribution is 2.26. The number of nitrogens with one attached hydrogen (secondary N) is 3. The first-order chi connectivity index (χ1) is 18.1. The molecular weight excluding hydrogens is 488 g/mol. The van der Waals surface area contributed by atoms with Gasteiger partial charge < -0.3 is 20.5 Å². The number of rotatable bonds is 12. The number of carboxylic acid groups (broad SMARTS) is 1. The Bertz CT molecular complexity index is 1180. The number of carboxylic acids is 1.